The molecule has 0 aliphatic carbocycles. The Bertz CT molecular complexity index is 432. The molecule has 1 atom stereocenters. The van der Waals surface area contributed by atoms with Gasteiger partial charge >= 0.3 is 18.2 Å². The van der Waals surface area contributed by atoms with Gasteiger partial charge in [0.05, 0.1) is 6.04 Å². The van der Waals surface area contributed by atoms with E-state index in [0.29, 0.717) is 12.8 Å². The van der Waals surface area contributed by atoms with Gasteiger partial charge < -0.3 is 24.7 Å². The van der Waals surface area contributed by atoms with Gasteiger partial charge in [-0.1, -0.05) is 0 Å². The van der Waals surface area contributed by atoms with Gasteiger partial charge in [-0.25, -0.2) is 9.59 Å². The van der Waals surface area contributed by atoms with E-state index in [2.05, 4.69) is 0 Å². The van der Waals surface area contributed by atoms with Crippen LogP contribution in [-0.2, 0) is 9.53 Å². The lowest BCUT2D eigenvalue weighted by atomic mass is 10.1. The van der Waals surface area contributed by atoms with Crippen LogP contribution in [0.4, 0.5) is 9.59 Å². The number of carboxylic acids is 1. The maximum atomic E-state index is 12.2. The van der Waals surface area contributed by atoms with Crippen molar-refractivity contribution in [2.24, 2.45) is 0 Å². The molecule has 1 heterocycles. The smallest absolute Gasteiger partial charge is 0.410 e. The monoisotopic (exact) mass is 316 g/mol. The number of nitrogens with zero attached hydrogens (tertiary/aromatic N) is 2. The van der Waals surface area contributed by atoms with Crippen LogP contribution < -0.4 is 0 Å². The lowest BCUT2D eigenvalue weighted by Crippen LogP contribution is -2.57. The van der Waals surface area contributed by atoms with Gasteiger partial charge in [0.15, 0.2) is 0 Å². The number of hydrogen-bond donors (Lipinski definition) is 2. The van der Waals surface area contributed by atoms with Gasteiger partial charge in [0.25, 0.3) is 0 Å². The van der Waals surface area contributed by atoms with Crippen LogP contribution in [0.15, 0.2) is 0 Å². The summed E-state index contributed by atoms with van der Waals surface area (Å²) >= 11 is 0. The minimum Gasteiger partial charge on any atom is -0.481 e. The molecule has 0 bridgehead atoms. The molecule has 1 rings (SSSR count). The summed E-state index contributed by atoms with van der Waals surface area (Å²) in [6.45, 7) is 5.94. The fraction of sp³-hybridized carbons (Fsp3) is 0.786. The molecule has 2 amide bonds. The highest BCUT2D eigenvalue weighted by Crippen LogP contribution is 2.19. The zero-order valence-electron chi connectivity index (χ0n) is 13.2. The molecule has 0 aromatic carbocycles. The van der Waals surface area contributed by atoms with Gasteiger partial charge in [-0.15, -0.1) is 0 Å². The fourth-order valence-corrected chi connectivity index (χ4v) is 2.33. The Morgan fingerprint density at radius 2 is 1.82 bits per heavy atom. The van der Waals surface area contributed by atoms with Crippen molar-refractivity contribution in [1.29, 1.82) is 0 Å². The zero-order chi connectivity index (χ0) is 16.9. The summed E-state index contributed by atoms with van der Waals surface area (Å²) in [5.41, 5.74) is -0.632. The normalized spacial score (nSPS) is 19.0. The molecule has 1 aliphatic rings. The maximum absolute atomic E-state index is 12.2. The second-order valence-electron chi connectivity index (χ2n) is 6.34. The third-order valence-electron chi connectivity index (χ3n) is 3.31. The minimum atomic E-state index is -1.04. The van der Waals surface area contributed by atoms with Crippen LogP contribution in [0, 0.1) is 0 Å². The number of carbonyl (C=O) groups excluding carboxylic acids is 1. The van der Waals surface area contributed by atoms with E-state index < -0.39 is 23.8 Å². The Hall–Kier alpha value is -1.99. The summed E-state index contributed by atoms with van der Waals surface area (Å²) in [5.74, 6) is -0.908. The largest absolute Gasteiger partial charge is 0.481 e. The molecule has 1 aliphatic heterocycles. The molecule has 0 radical (unpaired) electrons. The predicted molar refractivity (Wildman–Crippen MR) is 77.8 cm³/mol. The van der Waals surface area contributed by atoms with E-state index in [4.69, 9.17) is 14.9 Å². The first-order chi connectivity index (χ1) is 10.1. The quantitative estimate of drug-likeness (QED) is 0.819. The van der Waals surface area contributed by atoms with E-state index in [9.17, 15) is 14.4 Å². The molecule has 0 saturated carbocycles. The Morgan fingerprint density at radius 1 is 1.18 bits per heavy atom. The first-order valence-electron chi connectivity index (χ1n) is 7.29. The summed E-state index contributed by atoms with van der Waals surface area (Å²) in [6.07, 6.45) is -0.724. The van der Waals surface area contributed by atoms with Gasteiger partial charge in [-0.2, -0.15) is 0 Å². The number of carbonyl (C=O) groups is 3. The van der Waals surface area contributed by atoms with Crippen LogP contribution >= 0.6 is 0 Å². The number of ether oxygens (including phenoxy) is 1. The van der Waals surface area contributed by atoms with Gasteiger partial charge in [0.2, 0.25) is 0 Å². The molecule has 22 heavy (non-hydrogen) atoms. The van der Waals surface area contributed by atoms with E-state index in [1.165, 1.54) is 9.80 Å². The van der Waals surface area contributed by atoms with Crippen LogP contribution in [0.3, 0.4) is 0 Å². The molecule has 0 spiro atoms. The van der Waals surface area contributed by atoms with Gasteiger partial charge in [0.1, 0.15) is 5.60 Å². The standard InChI is InChI=1S/C14H24N2O6/c1-14(2,3)22-13(21)16-8-7-15(12(19)20)9-10(16)5-4-6-11(17)18/h10H,4-9H2,1-3H3,(H,17,18)(H,19,20). The Morgan fingerprint density at radius 3 is 2.32 bits per heavy atom. The van der Waals surface area contributed by atoms with Crippen LogP contribution in [0.1, 0.15) is 40.0 Å². The SMILES string of the molecule is CC(C)(C)OC(=O)N1CCN(C(=O)O)CC1CCCC(=O)O. The molecular formula is C14H24N2O6. The van der Waals surface area contributed by atoms with Gasteiger partial charge in [-0.3, -0.25) is 4.79 Å². The average molecular weight is 316 g/mol. The lowest BCUT2D eigenvalue weighted by Gasteiger charge is -2.40. The van der Waals surface area contributed by atoms with Crippen LogP contribution in [-0.4, -0.2) is 69.4 Å². The van der Waals surface area contributed by atoms with Crippen molar-refractivity contribution in [3.8, 4) is 0 Å². The number of piperazine rings is 1. The van der Waals surface area contributed by atoms with E-state index in [0.717, 1.165) is 0 Å². The molecule has 126 valence electrons. The predicted octanol–water partition coefficient (Wildman–Crippen LogP) is 1.84. The zero-order valence-corrected chi connectivity index (χ0v) is 13.2. The first kappa shape index (κ1) is 18.1. The Labute approximate surface area is 129 Å². The summed E-state index contributed by atoms with van der Waals surface area (Å²) in [5, 5.41) is 17.8. The maximum Gasteiger partial charge on any atom is 0.410 e. The van der Waals surface area contributed by atoms with Crippen molar-refractivity contribution < 1.29 is 29.3 Å². The summed E-state index contributed by atoms with van der Waals surface area (Å²) in [7, 11) is 0. The molecule has 8 heteroatoms. The van der Waals surface area contributed by atoms with Crippen molar-refractivity contribution >= 4 is 18.2 Å². The molecule has 1 saturated heterocycles. The van der Waals surface area contributed by atoms with E-state index in [-0.39, 0.29) is 32.1 Å². The van der Waals surface area contributed by atoms with E-state index in [1.54, 1.807) is 20.8 Å². The first-order valence-corrected chi connectivity index (χ1v) is 7.29. The van der Waals surface area contributed by atoms with Crippen molar-refractivity contribution in [1.82, 2.24) is 9.80 Å². The van der Waals surface area contributed by atoms with Gasteiger partial charge in [-0.05, 0) is 33.6 Å². The topological polar surface area (TPSA) is 107 Å². The fourth-order valence-electron chi connectivity index (χ4n) is 2.33. The number of hydrogen-bond acceptors (Lipinski definition) is 4. The molecule has 8 nitrogen and oxygen atoms in total. The molecule has 0 aromatic rings. The van der Waals surface area contributed by atoms with Crippen LogP contribution in [0.2, 0.25) is 0 Å². The number of aliphatic carboxylic acids is 1. The van der Waals surface area contributed by atoms with Crippen molar-refractivity contribution in [3.05, 3.63) is 0 Å². The number of rotatable bonds is 4. The van der Waals surface area contributed by atoms with Crippen molar-refractivity contribution in [2.45, 2.75) is 51.7 Å². The molecular weight excluding hydrogens is 292 g/mol. The molecule has 2 N–H and O–H groups in total. The number of amides is 2. The van der Waals surface area contributed by atoms with Crippen LogP contribution in [0.5, 0.6) is 0 Å². The lowest BCUT2D eigenvalue weighted by molar-refractivity contribution is -0.137. The summed E-state index contributed by atoms with van der Waals surface area (Å²) < 4.78 is 5.34. The average Bonchev–Trinajstić information content (AvgIpc) is 2.35. The Kier molecular flexibility index (Phi) is 6.01. The second-order valence-corrected chi connectivity index (χ2v) is 6.34. The van der Waals surface area contributed by atoms with E-state index >= 15 is 0 Å². The summed E-state index contributed by atoms with van der Waals surface area (Å²) in [4.78, 5) is 36.7. The van der Waals surface area contributed by atoms with Crippen LogP contribution in [0.25, 0.3) is 0 Å². The highest BCUT2D eigenvalue weighted by molar-refractivity contribution is 5.70. The molecule has 1 unspecified atom stereocenters. The highest BCUT2D eigenvalue weighted by atomic mass is 16.6. The van der Waals surface area contributed by atoms with Crippen molar-refractivity contribution in [3.63, 3.8) is 0 Å². The number of carboxylic acid groups (broad SMARTS) is 2. The van der Waals surface area contributed by atoms with Crippen molar-refractivity contribution in [2.75, 3.05) is 19.6 Å². The highest BCUT2D eigenvalue weighted by Gasteiger charge is 2.34. The van der Waals surface area contributed by atoms with E-state index in [1.807, 2.05) is 0 Å². The minimum absolute atomic E-state index is 0.00820. The molecule has 0 aromatic heterocycles. The van der Waals surface area contributed by atoms with Gasteiger partial charge in [0, 0.05) is 26.1 Å². The third kappa shape index (κ3) is 5.79. The summed E-state index contributed by atoms with van der Waals surface area (Å²) in [6, 6.07) is -0.362. The third-order valence-corrected chi connectivity index (χ3v) is 3.31. The Balaban J connectivity index is 2.72. The molecule has 1 fully saturated rings. The second kappa shape index (κ2) is 7.33.